The van der Waals surface area contributed by atoms with E-state index in [0.29, 0.717) is 12.2 Å². The second-order valence-electron chi connectivity index (χ2n) is 4.21. The molecule has 0 bridgehead atoms. The number of hydrogen-bond donors (Lipinski definition) is 2. The van der Waals surface area contributed by atoms with Gasteiger partial charge in [0.05, 0.1) is 5.70 Å². The normalized spacial score (nSPS) is 15.5. The Hall–Kier alpha value is -2.37. The van der Waals surface area contributed by atoms with Crippen molar-refractivity contribution in [3.8, 4) is 5.88 Å². The monoisotopic (exact) mass is 261 g/mol. The van der Waals surface area contributed by atoms with Crippen molar-refractivity contribution in [2.75, 3.05) is 0 Å². The van der Waals surface area contributed by atoms with Crippen molar-refractivity contribution in [1.82, 2.24) is 9.55 Å². The molecule has 0 saturated carbocycles. The first-order valence-electron chi connectivity index (χ1n) is 6.12. The average molecular weight is 261 g/mol. The Morgan fingerprint density at radius 2 is 2.26 bits per heavy atom. The van der Waals surface area contributed by atoms with E-state index in [4.69, 9.17) is 0 Å². The van der Waals surface area contributed by atoms with E-state index in [1.807, 2.05) is 6.92 Å². The standard InChI is InChI=1S/C13H15N3O3/c1-2-3-7-16-12(18)10(11(17)15-13(16)19)8-9-5-4-6-14-9/h4-6,8,18H,2-3,7H2,1H3,(H,15,17,19)/b9-8+. The van der Waals surface area contributed by atoms with Crippen molar-refractivity contribution in [3.63, 3.8) is 0 Å². The van der Waals surface area contributed by atoms with Gasteiger partial charge >= 0.3 is 5.69 Å². The van der Waals surface area contributed by atoms with E-state index in [1.165, 1.54) is 10.6 Å². The third-order valence-electron chi connectivity index (χ3n) is 2.81. The zero-order valence-electron chi connectivity index (χ0n) is 10.6. The molecule has 0 aromatic carbocycles. The summed E-state index contributed by atoms with van der Waals surface area (Å²) in [5.74, 6) is -0.315. The first kappa shape index (κ1) is 13.1. The summed E-state index contributed by atoms with van der Waals surface area (Å²) in [6, 6.07) is 0. The molecule has 2 heterocycles. The Morgan fingerprint density at radius 3 is 2.89 bits per heavy atom. The largest absolute Gasteiger partial charge is 0.494 e. The fourth-order valence-corrected chi connectivity index (χ4v) is 1.78. The van der Waals surface area contributed by atoms with Gasteiger partial charge in [0.25, 0.3) is 5.56 Å². The van der Waals surface area contributed by atoms with Crippen molar-refractivity contribution < 1.29 is 5.11 Å². The summed E-state index contributed by atoms with van der Waals surface area (Å²) in [7, 11) is 0. The lowest BCUT2D eigenvalue weighted by molar-refractivity contribution is 0.394. The van der Waals surface area contributed by atoms with Crippen LogP contribution in [-0.2, 0) is 6.54 Å². The van der Waals surface area contributed by atoms with Gasteiger partial charge in [0, 0.05) is 12.8 Å². The molecule has 0 radical (unpaired) electrons. The molecule has 2 rings (SSSR count). The molecule has 0 unspecified atom stereocenters. The summed E-state index contributed by atoms with van der Waals surface area (Å²) in [5, 5.41) is 10.1. The molecule has 0 saturated heterocycles. The van der Waals surface area contributed by atoms with Gasteiger partial charge in [-0.1, -0.05) is 13.3 Å². The number of aromatic amines is 1. The Kier molecular flexibility index (Phi) is 3.79. The Balaban J connectivity index is 2.52. The van der Waals surface area contributed by atoms with Gasteiger partial charge < -0.3 is 5.11 Å². The molecule has 1 aliphatic rings. The maximum absolute atomic E-state index is 11.7. The highest BCUT2D eigenvalue weighted by atomic mass is 16.3. The molecule has 1 aromatic heterocycles. The van der Waals surface area contributed by atoms with E-state index in [1.54, 1.807) is 18.4 Å². The summed E-state index contributed by atoms with van der Waals surface area (Å²) in [6.45, 7) is 2.35. The Labute approximate surface area is 109 Å². The van der Waals surface area contributed by atoms with Gasteiger partial charge in [0.15, 0.2) is 0 Å². The molecule has 6 heteroatoms. The zero-order chi connectivity index (χ0) is 13.8. The molecule has 2 N–H and O–H groups in total. The number of aliphatic imine (C=N–C) groups is 1. The number of hydrogen-bond acceptors (Lipinski definition) is 4. The van der Waals surface area contributed by atoms with E-state index in [0.717, 1.165) is 12.8 Å². The van der Waals surface area contributed by atoms with Crippen LogP contribution in [0.5, 0.6) is 5.88 Å². The molecule has 6 nitrogen and oxygen atoms in total. The lowest BCUT2D eigenvalue weighted by Crippen LogP contribution is -2.31. The van der Waals surface area contributed by atoms with Crippen LogP contribution >= 0.6 is 0 Å². The molecule has 0 spiro atoms. The molecule has 100 valence electrons. The second kappa shape index (κ2) is 5.51. The first-order valence-corrected chi connectivity index (χ1v) is 6.12. The van der Waals surface area contributed by atoms with Crippen LogP contribution < -0.4 is 11.2 Å². The van der Waals surface area contributed by atoms with E-state index in [-0.39, 0.29) is 11.4 Å². The van der Waals surface area contributed by atoms with Gasteiger partial charge in [0.1, 0.15) is 5.56 Å². The summed E-state index contributed by atoms with van der Waals surface area (Å²) >= 11 is 0. The third kappa shape index (κ3) is 2.73. The van der Waals surface area contributed by atoms with E-state index < -0.39 is 11.2 Å². The molecule has 0 aliphatic carbocycles. The zero-order valence-corrected chi connectivity index (χ0v) is 10.6. The number of unbranched alkanes of at least 4 members (excludes halogenated alkanes) is 1. The molecule has 0 fully saturated rings. The molecule has 1 aromatic rings. The van der Waals surface area contributed by atoms with Crippen LogP contribution in [0.2, 0.25) is 0 Å². The maximum Gasteiger partial charge on any atom is 0.331 e. The predicted octanol–water partition coefficient (Wildman–Crippen LogP) is 1.02. The van der Waals surface area contributed by atoms with Crippen LogP contribution in [0.25, 0.3) is 6.08 Å². The second-order valence-corrected chi connectivity index (χ2v) is 4.21. The van der Waals surface area contributed by atoms with Crippen molar-refractivity contribution in [2.45, 2.75) is 26.3 Å². The van der Waals surface area contributed by atoms with Crippen molar-refractivity contribution in [1.29, 1.82) is 0 Å². The fraction of sp³-hybridized carbons (Fsp3) is 0.308. The quantitative estimate of drug-likeness (QED) is 0.848. The maximum atomic E-state index is 11.7. The van der Waals surface area contributed by atoms with Crippen LogP contribution in [0.15, 0.2) is 32.4 Å². The molecule has 0 atom stereocenters. The summed E-state index contributed by atoms with van der Waals surface area (Å²) in [6.07, 6.45) is 8.10. The molecule has 0 amide bonds. The molecule has 19 heavy (non-hydrogen) atoms. The Morgan fingerprint density at radius 1 is 1.47 bits per heavy atom. The van der Waals surface area contributed by atoms with Crippen LogP contribution in [0.3, 0.4) is 0 Å². The summed E-state index contributed by atoms with van der Waals surface area (Å²) in [5.41, 5.74) is -0.599. The number of nitrogens with one attached hydrogen (secondary N) is 1. The highest BCUT2D eigenvalue weighted by Gasteiger charge is 2.12. The van der Waals surface area contributed by atoms with Crippen LogP contribution in [0, 0.1) is 0 Å². The smallest absolute Gasteiger partial charge is 0.331 e. The summed E-state index contributed by atoms with van der Waals surface area (Å²) in [4.78, 5) is 29.6. The van der Waals surface area contributed by atoms with Gasteiger partial charge in [-0.2, -0.15) is 0 Å². The van der Waals surface area contributed by atoms with Gasteiger partial charge in [-0.15, -0.1) is 0 Å². The molecular formula is C13H15N3O3. The van der Waals surface area contributed by atoms with Crippen molar-refractivity contribution in [2.24, 2.45) is 4.99 Å². The fourth-order valence-electron chi connectivity index (χ4n) is 1.78. The SMILES string of the molecule is CCCCn1c(O)c(/C=C2\C=CC=N2)c(=O)[nH]c1=O. The van der Waals surface area contributed by atoms with Gasteiger partial charge in [-0.25, -0.2) is 4.79 Å². The van der Waals surface area contributed by atoms with E-state index in [2.05, 4.69) is 9.98 Å². The number of nitrogens with zero attached hydrogens (tertiary/aromatic N) is 2. The third-order valence-corrected chi connectivity index (χ3v) is 2.81. The number of rotatable bonds is 4. The van der Waals surface area contributed by atoms with E-state index in [9.17, 15) is 14.7 Å². The van der Waals surface area contributed by atoms with Gasteiger partial charge in [-0.05, 0) is 24.6 Å². The summed E-state index contributed by atoms with van der Waals surface area (Å²) < 4.78 is 1.17. The number of aromatic hydroxyl groups is 1. The van der Waals surface area contributed by atoms with Gasteiger partial charge in [-0.3, -0.25) is 19.3 Å². The number of aromatic nitrogens is 2. The number of allylic oxidation sites excluding steroid dienone is 2. The van der Waals surface area contributed by atoms with Crippen LogP contribution in [0.4, 0.5) is 0 Å². The van der Waals surface area contributed by atoms with Crippen LogP contribution in [-0.4, -0.2) is 20.9 Å². The minimum absolute atomic E-state index is 0.0504. The van der Waals surface area contributed by atoms with Crippen molar-refractivity contribution in [3.05, 3.63) is 44.3 Å². The highest BCUT2D eigenvalue weighted by molar-refractivity contribution is 5.79. The lowest BCUT2D eigenvalue weighted by Gasteiger charge is -2.08. The van der Waals surface area contributed by atoms with Gasteiger partial charge in [0.2, 0.25) is 5.88 Å². The van der Waals surface area contributed by atoms with Crippen LogP contribution in [0.1, 0.15) is 25.3 Å². The first-order chi connectivity index (χ1) is 9.13. The average Bonchev–Trinajstić information content (AvgIpc) is 2.87. The minimum Gasteiger partial charge on any atom is -0.494 e. The Bertz CT molecular complexity index is 663. The van der Waals surface area contributed by atoms with E-state index >= 15 is 0 Å². The lowest BCUT2D eigenvalue weighted by atomic mass is 10.2. The topological polar surface area (TPSA) is 87.4 Å². The minimum atomic E-state index is -0.613. The number of H-pyrrole nitrogens is 1. The van der Waals surface area contributed by atoms with Crippen molar-refractivity contribution >= 4 is 12.3 Å². The molecule has 1 aliphatic heterocycles. The predicted molar refractivity (Wildman–Crippen MR) is 73.5 cm³/mol. The highest BCUT2D eigenvalue weighted by Crippen LogP contribution is 2.16. The molecular weight excluding hydrogens is 246 g/mol.